The molecular weight excluding hydrogens is 296 g/mol. The normalized spacial score (nSPS) is 40.3. The zero-order valence-corrected chi connectivity index (χ0v) is 15.7. The van der Waals surface area contributed by atoms with Gasteiger partial charge in [0, 0.05) is 5.41 Å². The van der Waals surface area contributed by atoms with E-state index in [4.69, 9.17) is 4.74 Å². The van der Waals surface area contributed by atoms with Gasteiger partial charge in [0.25, 0.3) is 0 Å². The van der Waals surface area contributed by atoms with Crippen LogP contribution in [0.3, 0.4) is 0 Å². The summed E-state index contributed by atoms with van der Waals surface area (Å²) in [6.45, 7) is 8.75. The van der Waals surface area contributed by atoms with Crippen molar-refractivity contribution in [3.8, 4) is 0 Å². The summed E-state index contributed by atoms with van der Waals surface area (Å²) in [6.07, 6.45) is 13.9. The van der Waals surface area contributed by atoms with E-state index < -0.39 is 0 Å². The predicted molar refractivity (Wildman–Crippen MR) is 96.3 cm³/mol. The Kier molecular flexibility index (Phi) is 3.75. The van der Waals surface area contributed by atoms with Crippen molar-refractivity contribution in [3.63, 3.8) is 0 Å². The number of hydrogen-bond donors (Lipinski definition) is 0. The van der Waals surface area contributed by atoms with E-state index in [1.165, 1.54) is 37.7 Å². The van der Waals surface area contributed by atoms with Crippen LogP contribution in [0.15, 0.2) is 23.8 Å². The molecule has 0 amide bonds. The maximum atomic E-state index is 12.8. The number of carbonyl (C=O) groups excluding carboxylic acids is 1. The lowest BCUT2D eigenvalue weighted by atomic mass is 9.61. The maximum Gasteiger partial charge on any atom is 0.313 e. The second-order valence-corrected chi connectivity index (χ2v) is 9.74. The lowest BCUT2D eigenvalue weighted by Gasteiger charge is -2.49. The first-order valence-electron chi connectivity index (χ1n) is 9.91. The first-order chi connectivity index (χ1) is 11.3. The summed E-state index contributed by atoms with van der Waals surface area (Å²) >= 11 is 0. The molecule has 0 aromatic rings. The molecule has 3 unspecified atom stereocenters. The van der Waals surface area contributed by atoms with Crippen LogP contribution in [0.2, 0.25) is 0 Å². The topological polar surface area (TPSA) is 26.3 Å². The molecule has 4 bridgehead atoms. The number of carbonyl (C=O) groups is 1. The molecule has 5 aliphatic rings. The van der Waals surface area contributed by atoms with Gasteiger partial charge in [0.15, 0.2) is 0 Å². The van der Waals surface area contributed by atoms with E-state index in [1.807, 2.05) is 0 Å². The summed E-state index contributed by atoms with van der Waals surface area (Å²) in [5.74, 6) is 3.12. The van der Waals surface area contributed by atoms with Crippen molar-refractivity contribution >= 4 is 5.97 Å². The van der Waals surface area contributed by atoms with Gasteiger partial charge in [-0.25, -0.2) is 0 Å². The average Bonchev–Trinajstić information content (AvgIpc) is 2.95. The van der Waals surface area contributed by atoms with Crippen molar-refractivity contribution in [2.75, 3.05) is 0 Å². The van der Waals surface area contributed by atoms with Crippen LogP contribution in [0.4, 0.5) is 0 Å². The van der Waals surface area contributed by atoms with Gasteiger partial charge in [-0.1, -0.05) is 32.1 Å². The van der Waals surface area contributed by atoms with Gasteiger partial charge < -0.3 is 4.74 Å². The molecule has 0 aliphatic heterocycles. The first-order valence-corrected chi connectivity index (χ1v) is 9.91. The molecule has 0 N–H and O–H groups in total. The summed E-state index contributed by atoms with van der Waals surface area (Å²) in [6, 6.07) is 0. The Morgan fingerprint density at radius 2 is 1.88 bits per heavy atom. The number of esters is 1. The van der Waals surface area contributed by atoms with E-state index in [9.17, 15) is 4.79 Å². The molecule has 0 saturated heterocycles. The molecule has 0 aromatic carbocycles. The number of ether oxygens (including phenoxy) is 1. The zero-order chi connectivity index (χ0) is 17.1. The molecule has 132 valence electrons. The Morgan fingerprint density at radius 3 is 2.38 bits per heavy atom. The van der Waals surface area contributed by atoms with E-state index >= 15 is 0 Å². The molecule has 5 aliphatic carbocycles. The minimum absolute atomic E-state index is 0.0209. The monoisotopic (exact) mass is 328 g/mol. The molecule has 2 heteroatoms. The molecular formula is C22H32O2. The fraction of sp³-hybridized carbons (Fsp3) is 0.773. The highest BCUT2D eigenvalue weighted by Crippen LogP contribution is 2.68. The quantitative estimate of drug-likeness (QED) is 0.655. The Morgan fingerprint density at radius 1 is 1.21 bits per heavy atom. The Balaban J connectivity index is 1.44. The van der Waals surface area contributed by atoms with Crippen LogP contribution in [0.5, 0.6) is 0 Å². The number of rotatable bonds is 4. The molecule has 2 nitrogen and oxygen atoms in total. The van der Waals surface area contributed by atoms with Crippen molar-refractivity contribution in [3.05, 3.63) is 23.8 Å². The molecule has 0 radical (unpaired) electrons. The minimum Gasteiger partial charge on any atom is -0.459 e. The van der Waals surface area contributed by atoms with E-state index in [1.54, 1.807) is 0 Å². The van der Waals surface area contributed by atoms with Crippen molar-refractivity contribution in [2.45, 2.75) is 71.8 Å². The van der Waals surface area contributed by atoms with Crippen molar-refractivity contribution in [1.29, 1.82) is 0 Å². The van der Waals surface area contributed by atoms with Crippen LogP contribution < -0.4 is 0 Å². The van der Waals surface area contributed by atoms with E-state index in [0.717, 1.165) is 24.2 Å². The van der Waals surface area contributed by atoms with Crippen molar-refractivity contribution < 1.29 is 9.53 Å². The van der Waals surface area contributed by atoms with Crippen LogP contribution in [-0.4, -0.2) is 11.6 Å². The van der Waals surface area contributed by atoms with Crippen LogP contribution >= 0.6 is 0 Å². The molecule has 0 aromatic heterocycles. The van der Waals surface area contributed by atoms with Crippen LogP contribution in [0.1, 0.15) is 66.2 Å². The molecule has 4 fully saturated rings. The molecule has 4 saturated carbocycles. The molecule has 5 rings (SSSR count). The smallest absolute Gasteiger partial charge is 0.313 e. The van der Waals surface area contributed by atoms with Gasteiger partial charge in [-0.2, -0.15) is 0 Å². The largest absolute Gasteiger partial charge is 0.459 e. The van der Waals surface area contributed by atoms with E-state index in [2.05, 4.69) is 45.9 Å². The Hall–Kier alpha value is -1.05. The van der Waals surface area contributed by atoms with Gasteiger partial charge in [-0.05, 0) is 81.6 Å². The highest BCUT2D eigenvalue weighted by molar-refractivity contribution is 5.76. The summed E-state index contributed by atoms with van der Waals surface area (Å²) in [4.78, 5) is 12.8. The van der Waals surface area contributed by atoms with Crippen LogP contribution in [0, 0.1) is 35.0 Å². The lowest BCUT2D eigenvalue weighted by molar-refractivity contribution is -0.179. The van der Waals surface area contributed by atoms with E-state index in [0.29, 0.717) is 5.92 Å². The Labute approximate surface area is 146 Å². The second-order valence-electron chi connectivity index (χ2n) is 9.74. The van der Waals surface area contributed by atoms with Crippen molar-refractivity contribution in [2.24, 2.45) is 35.0 Å². The summed E-state index contributed by atoms with van der Waals surface area (Å²) in [5, 5.41) is 0. The molecule has 0 spiro atoms. The van der Waals surface area contributed by atoms with Crippen LogP contribution in [-0.2, 0) is 9.53 Å². The molecule has 3 atom stereocenters. The van der Waals surface area contributed by atoms with Gasteiger partial charge in [0.1, 0.15) is 5.60 Å². The molecule has 24 heavy (non-hydrogen) atoms. The van der Waals surface area contributed by atoms with Gasteiger partial charge in [0.2, 0.25) is 0 Å². The fourth-order valence-corrected chi connectivity index (χ4v) is 6.22. The number of hydrogen-bond acceptors (Lipinski definition) is 2. The number of allylic oxidation sites excluding steroid dienone is 3. The maximum absolute atomic E-state index is 12.8. The average molecular weight is 328 g/mol. The summed E-state index contributed by atoms with van der Waals surface area (Å²) in [5.41, 5.74) is 1.26. The third kappa shape index (κ3) is 2.48. The van der Waals surface area contributed by atoms with Gasteiger partial charge in [-0.3, -0.25) is 4.79 Å². The first kappa shape index (κ1) is 16.4. The fourth-order valence-electron chi connectivity index (χ4n) is 6.22. The van der Waals surface area contributed by atoms with Crippen LogP contribution in [0.25, 0.3) is 0 Å². The Bertz CT molecular complexity index is 576. The third-order valence-electron chi connectivity index (χ3n) is 7.65. The lowest BCUT2D eigenvalue weighted by Crippen LogP contribution is -2.49. The summed E-state index contributed by atoms with van der Waals surface area (Å²) < 4.78 is 6.18. The standard InChI is InChI=1S/C22H32O2/c1-14(2)16-5-7-17(8-6-16)20(23)24-21(3,4)22-11-15-9-18(12-22)19(10-15)13-22/h5-7,14-15,17-19H,8-13H2,1-4H3. The predicted octanol–water partition coefficient (Wildman–Crippen LogP) is 5.29. The second kappa shape index (κ2) is 5.47. The van der Waals surface area contributed by atoms with E-state index in [-0.39, 0.29) is 22.9 Å². The summed E-state index contributed by atoms with van der Waals surface area (Å²) in [7, 11) is 0. The highest BCUT2D eigenvalue weighted by Gasteiger charge is 2.62. The van der Waals surface area contributed by atoms with Crippen molar-refractivity contribution in [1.82, 2.24) is 0 Å². The zero-order valence-electron chi connectivity index (χ0n) is 15.7. The van der Waals surface area contributed by atoms with Gasteiger partial charge >= 0.3 is 5.97 Å². The SMILES string of the molecule is CC(C)C1=CCC(C(=O)OC(C)(C)C23CC4CC(C2)C(C4)C3)C=C1. The molecule has 0 heterocycles. The highest BCUT2D eigenvalue weighted by atomic mass is 16.6. The third-order valence-corrected chi connectivity index (χ3v) is 7.65. The van der Waals surface area contributed by atoms with Gasteiger partial charge in [0.05, 0.1) is 5.92 Å². The minimum atomic E-state index is -0.327. The van der Waals surface area contributed by atoms with Gasteiger partial charge in [-0.15, -0.1) is 0 Å².